The van der Waals surface area contributed by atoms with E-state index < -0.39 is 6.10 Å². The Balaban J connectivity index is 1.76. The third kappa shape index (κ3) is 3.64. The number of carbonyl (C=O) groups is 1. The molecule has 1 N–H and O–H groups in total. The molecule has 0 aliphatic rings. The first-order valence-corrected chi connectivity index (χ1v) is 8.20. The molecule has 0 bridgehead atoms. The molecule has 0 aliphatic carbocycles. The summed E-state index contributed by atoms with van der Waals surface area (Å²) < 4.78 is 5.84. The standard InChI is InChI=1S/C19H15Cl2NO2/c1-12(19(23)22-17-10-9-14(20)11-16(17)21)24-18-8-4-6-13-5-2-3-7-15(13)18/h2-12H,1H3,(H,22,23). The maximum Gasteiger partial charge on any atom is 0.265 e. The van der Waals surface area contributed by atoms with Crippen LogP contribution in [0.1, 0.15) is 6.92 Å². The Morgan fingerprint density at radius 1 is 1.04 bits per heavy atom. The van der Waals surface area contributed by atoms with Gasteiger partial charge in [-0.1, -0.05) is 59.6 Å². The second-order valence-corrected chi connectivity index (χ2v) is 6.19. The smallest absolute Gasteiger partial charge is 0.265 e. The fraction of sp³-hybridized carbons (Fsp3) is 0.105. The first kappa shape index (κ1) is 16.6. The second-order valence-electron chi connectivity index (χ2n) is 5.35. The summed E-state index contributed by atoms with van der Waals surface area (Å²) in [7, 11) is 0. The molecule has 0 spiro atoms. The van der Waals surface area contributed by atoms with Gasteiger partial charge >= 0.3 is 0 Å². The van der Waals surface area contributed by atoms with Crippen molar-refractivity contribution in [1.82, 2.24) is 0 Å². The van der Waals surface area contributed by atoms with Crippen molar-refractivity contribution in [3.8, 4) is 5.75 Å². The van der Waals surface area contributed by atoms with Crippen molar-refractivity contribution < 1.29 is 9.53 Å². The Morgan fingerprint density at radius 3 is 2.58 bits per heavy atom. The zero-order chi connectivity index (χ0) is 17.1. The van der Waals surface area contributed by atoms with Crippen LogP contribution >= 0.6 is 23.2 Å². The SMILES string of the molecule is CC(Oc1cccc2ccccc12)C(=O)Nc1ccc(Cl)cc1Cl. The molecule has 0 heterocycles. The van der Waals surface area contributed by atoms with Gasteiger partial charge < -0.3 is 10.1 Å². The summed E-state index contributed by atoms with van der Waals surface area (Å²) in [4.78, 5) is 12.4. The number of fused-ring (bicyclic) bond motifs is 1. The van der Waals surface area contributed by atoms with E-state index in [1.807, 2.05) is 42.5 Å². The predicted octanol–water partition coefficient (Wildman–Crippen LogP) is 5.55. The van der Waals surface area contributed by atoms with Crippen LogP contribution in [0.15, 0.2) is 60.7 Å². The summed E-state index contributed by atoms with van der Waals surface area (Å²) in [6, 6.07) is 18.5. The maximum absolute atomic E-state index is 12.4. The number of carbonyl (C=O) groups excluding carboxylic acids is 1. The molecule has 122 valence electrons. The van der Waals surface area contributed by atoms with Crippen LogP contribution in [0.5, 0.6) is 5.75 Å². The topological polar surface area (TPSA) is 38.3 Å². The highest BCUT2D eigenvalue weighted by Gasteiger charge is 2.17. The van der Waals surface area contributed by atoms with Crippen molar-refractivity contribution in [2.24, 2.45) is 0 Å². The third-order valence-corrected chi connectivity index (χ3v) is 4.16. The van der Waals surface area contributed by atoms with Gasteiger partial charge in [-0.05, 0) is 36.6 Å². The number of hydrogen-bond donors (Lipinski definition) is 1. The van der Waals surface area contributed by atoms with E-state index in [2.05, 4.69) is 5.32 Å². The Bertz CT molecular complexity index is 890. The number of anilines is 1. The second kappa shape index (κ2) is 7.12. The van der Waals surface area contributed by atoms with E-state index in [1.54, 1.807) is 25.1 Å². The van der Waals surface area contributed by atoms with E-state index in [0.717, 1.165) is 10.8 Å². The van der Waals surface area contributed by atoms with Gasteiger partial charge in [0.25, 0.3) is 5.91 Å². The summed E-state index contributed by atoms with van der Waals surface area (Å²) in [5, 5.41) is 5.67. The molecule has 0 radical (unpaired) electrons. The minimum absolute atomic E-state index is 0.285. The quantitative estimate of drug-likeness (QED) is 0.662. The number of hydrogen-bond acceptors (Lipinski definition) is 2. The monoisotopic (exact) mass is 359 g/mol. The molecular formula is C19H15Cl2NO2. The van der Waals surface area contributed by atoms with Gasteiger partial charge in [-0.2, -0.15) is 0 Å². The Morgan fingerprint density at radius 2 is 1.79 bits per heavy atom. The Labute approximate surface area is 150 Å². The zero-order valence-corrected chi connectivity index (χ0v) is 14.4. The number of ether oxygens (including phenoxy) is 1. The van der Waals surface area contributed by atoms with Gasteiger partial charge in [-0.3, -0.25) is 4.79 Å². The van der Waals surface area contributed by atoms with Gasteiger partial charge in [-0.15, -0.1) is 0 Å². The number of nitrogens with one attached hydrogen (secondary N) is 1. The summed E-state index contributed by atoms with van der Waals surface area (Å²) >= 11 is 11.9. The van der Waals surface area contributed by atoms with E-state index in [0.29, 0.717) is 21.5 Å². The first-order chi connectivity index (χ1) is 11.5. The van der Waals surface area contributed by atoms with Crippen LogP contribution in [0, 0.1) is 0 Å². The molecule has 3 aromatic carbocycles. The molecule has 0 saturated heterocycles. The van der Waals surface area contributed by atoms with Gasteiger partial charge in [0.05, 0.1) is 10.7 Å². The lowest BCUT2D eigenvalue weighted by atomic mass is 10.1. The molecule has 0 aromatic heterocycles. The molecule has 3 aromatic rings. The summed E-state index contributed by atoms with van der Waals surface area (Å²) in [6.07, 6.45) is -0.678. The number of benzene rings is 3. The fourth-order valence-corrected chi connectivity index (χ4v) is 2.82. The predicted molar refractivity (Wildman–Crippen MR) is 99.1 cm³/mol. The summed E-state index contributed by atoms with van der Waals surface area (Å²) in [5.74, 6) is 0.380. The lowest BCUT2D eigenvalue weighted by Crippen LogP contribution is -2.30. The van der Waals surface area contributed by atoms with Crippen molar-refractivity contribution in [2.45, 2.75) is 13.0 Å². The van der Waals surface area contributed by atoms with Crippen LogP contribution in [0.2, 0.25) is 10.0 Å². The first-order valence-electron chi connectivity index (χ1n) is 7.45. The van der Waals surface area contributed by atoms with Gasteiger partial charge in [-0.25, -0.2) is 0 Å². The molecule has 0 fully saturated rings. The van der Waals surface area contributed by atoms with E-state index in [9.17, 15) is 4.79 Å². The maximum atomic E-state index is 12.4. The molecule has 5 heteroatoms. The average Bonchev–Trinajstić information content (AvgIpc) is 2.57. The minimum atomic E-state index is -0.678. The van der Waals surface area contributed by atoms with E-state index in [1.165, 1.54) is 0 Å². The highest BCUT2D eigenvalue weighted by molar-refractivity contribution is 6.36. The van der Waals surface area contributed by atoms with Crippen molar-refractivity contribution in [2.75, 3.05) is 5.32 Å². The number of rotatable bonds is 4. The van der Waals surface area contributed by atoms with Crippen molar-refractivity contribution in [3.63, 3.8) is 0 Å². The van der Waals surface area contributed by atoms with Crippen LogP contribution in [-0.2, 0) is 4.79 Å². The normalized spacial score (nSPS) is 12.0. The highest BCUT2D eigenvalue weighted by Crippen LogP contribution is 2.28. The molecule has 3 nitrogen and oxygen atoms in total. The van der Waals surface area contributed by atoms with Crippen molar-refractivity contribution in [3.05, 3.63) is 70.7 Å². The fourth-order valence-electron chi connectivity index (χ4n) is 2.37. The molecule has 0 saturated carbocycles. The van der Waals surface area contributed by atoms with Crippen LogP contribution < -0.4 is 10.1 Å². The van der Waals surface area contributed by atoms with Crippen LogP contribution in [0.25, 0.3) is 10.8 Å². The lowest BCUT2D eigenvalue weighted by Gasteiger charge is -2.16. The highest BCUT2D eigenvalue weighted by atomic mass is 35.5. The molecule has 1 atom stereocenters. The van der Waals surface area contributed by atoms with Crippen LogP contribution in [-0.4, -0.2) is 12.0 Å². The van der Waals surface area contributed by atoms with Gasteiger partial charge in [0.15, 0.2) is 6.10 Å². The number of amides is 1. The number of halogens is 2. The van der Waals surface area contributed by atoms with E-state index in [4.69, 9.17) is 27.9 Å². The largest absolute Gasteiger partial charge is 0.480 e. The molecule has 3 rings (SSSR count). The van der Waals surface area contributed by atoms with E-state index >= 15 is 0 Å². The summed E-state index contributed by atoms with van der Waals surface area (Å²) in [5.41, 5.74) is 0.499. The Hall–Kier alpha value is -2.23. The minimum Gasteiger partial charge on any atom is -0.480 e. The van der Waals surface area contributed by atoms with Crippen LogP contribution in [0.4, 0.5) is 5.69 Å². The van der Waals surface area contributed by atoms with E-state index in [-0.39, 0.29) is 5.91 Å². The molecule has 1 unspecified atom stereocenters. The average molecular weight is 360 g/mol. The van der Waals surface area contributed by atoms with Gasteiger partial charge in [0.2, 0.25) is 0 Å². The van der Waals surface area contributed by atoms with Crippen molar-refractivity contribution in [1.29, 1.82) is 0 Å². The molecule has 24 heavy (non-hydrogen) atoms. The molecular weight excluding hydrogens is 345 g/mol. The van der Waals surface area contributed by atoms with Gasteiger partial charge in [0, 0.05) is 10.4 Å². The summed E-state index contributed by atoms with van der Waals surface area (Å²) in [6.45, 7) is 1.70. The van der Waals surface area contributed by atoms with Crippen molar-refractivity contribution >= 4 is 45.6 Å². The van der Waals surface area contributed by atoms with Crippen LogP contribution in [0.3, 0.4) is 0 Å². The van der Waals surface area contributed by atoms with Gasteiger partial charge in [0.1, 0.15) is 5.75 Å². The Kier molecular flexibility index (Phi) is 4.93. The lowest BCUT2D eigenvalue weighted by molar-refractivity contribution is -0.122. The third-order valence-electron chi connectivity index (χ3n) is 3.61. The molecule has 0 aliphatic heterocycles. The zero-order valence-electron chi connectivity index (χ0n) is 12.9. The molecule has 1 amide bonds.